The van der Waals surface area contributed by atoms with Crippen LogP contribution in [0.15, 0.2) is 109 Å². The molecule has 0 aliphatic rings. The summed E-state index contributed by atoms with van der Waals surface area (Å²) < 4.78 is 12.8. The van der Waals surface area contributed by atoms with E-state index in [9.17, 15) is 9.59 Å². The van der Waals surface area contributed by atoms with Crippen molar-refractivity contribution in [2.45, 2.75) is 0 Å². The Hall–Kier alpha value is -4.84. The number of nitrogens with zero attached hydrogens (tertiary/aromatic N) is 1. The fourth-order valence-electron chi connectivity index (χ4n) is 3.87. The van der Waals surface area contributed by atoms with Gasteiger partial charge in [-0.2, -0.15) is 0 Å². The number of pyridine rings is 1. The maximum Gasteiger partial charge on any atom is 0.298 e. The number of carbonyl (C=O) groups is 2. The van der Waals surface area contributed by atoms with Crippen LogP contribution in [0.3, 0.4) is 0 Å². The van der Waals surface area contributed by atoms with Gasteiger partial charge in [0.2, 0.25) is 0 Å². The summed E-state index contributed by atoms with van der Waals surface area (Å²) in [5.41, 5.74) is 3.10. The molecule has 6 heteroatoms. The van der Waals surface area contributed by atoms with E-state index in [1.165, 1.54) is 0 Å². The highest BCUT2D eigenvalue weighted by Crippen LogP contribution is 2.30. The summed E-state index contributed by atoms with van der Waals surface area (Å²) in [6.45, 7) is 0. The number of rotatable bonds is 7. The molecule has 0 spiro atoms. The number of ether oxygens (including phenoxy) is 2. The number of carbonyl (C=O) groups excluding carboxylic acids is 2. The lowest BCUT2D eigenvalue weighted by molar-refractivity contribution is -0.112. The number of benzene rings is 3. The number of para-hydroxylation sites is 1. The minimum atomic E-state index is -0.722. The van der Waals surface area contributed by atoms with E-state index in [1.807, 2.05) is 78.9 Å². The second-order valence-corrected chi connectivity index (χ2v) is 7.85. The molecular formula is C29H22N2O4. The van der Waals surface area contributed by atoms with E-state index in [0.29, 0.717) is 34.2 Å². The van der Waals surface area contributed by atoms with E-state index >= 15 is 0 Å². The number of hydrogen-bond acceptors (Lipinski definition) is 4. The molecule has 0 bridgehead atoms. The van der Waals surface area contributed by atoms with Gasteiger partial charge >= 0.3 is 0 Å². The first kappa shape index (κ1) is 22.0. The summed E-state index contributed by atoms with van der Waals surface area (Å²) in [5.74, 6) is 0.695. The fourth-order valence-corrected chi connectivity index (χ4v) is 3.87. The van der Waals surface area contributed by atoms with Gasteiger partial charge in [0.1, 0.15) is 22.9 Å². The molecule has 5 aromatic rings. The van der Waals surface area contributed by atoms with Crippen molar-refractivity contribution >= 4 is 22.9 Å². The summed E-state index contributed by atoms with van der Waals surface area (Å²) in [7, 11) is 1.60. The summed E-state index contributed by atoms with van der Waals surface area (Å²) in [6.07, 6.45) is 1.78. The summed E-state index contributed by atoms with van der Waals surface area (Å²) in [6, 6.07) is 31.2. The van der Waals surface area contributed by atoms with Crippen LogP contribution in [-0.4, -0.2) is 23.2 Å². The van der Waals surface area contributed by atoms with Gasteiger partial charge in [-0.25, -0.2) is 0 Å². The topological polar surface area (TPSA) is 69.0 Å². The first-order valence-electron chi connectivity index (χ1n) is 11.1. The zero-order valence-corrected chi connectivity index (χ0v) is 19.0. The van der Waals surface area contributed by atoms with Gasteiger partial charge in [-0.05, 0) is 72.3 Å². The molecule has 5 rings (SSSR count). The highest BCUT2D eigenvalue weighted by molar-refractivity contribution is 6.47. The van der Waals surface area contributed by atoms with Gasteiger partial charge in [-0.1, -0.05) is 36.4 Å². The number of anilines is 1. The van der Waals surface area contributed by atoms with Crippen LogP contribution in [0.5, 0.6) is 17.2 Å². The van der Waals surface area contributed by atoms with Crippen molar-refractivity contribution in [3.05, 3.63) is 115 Å². The molecule has 0 unspecified atom stereocenters. The third-order valence-electron chi connectivity index (χ3n) is 5.59. The average Bonchev–Trinajstić information content (AvgIpc) is 3.29. The van der Waals surface area contributed by atoms with Gasteiger partial charge < -0.3 is 19.2 Å². The van der Waals surface area contributed by atoms with Crippen molar-refractivity contribution in [3.8, 4) is 28.4 Å². The number of methoxy groups -OCH3 is 1. The highest BCUT2D eigenvalue weighted by atomic mass is 16.5. The average molecular weight is 463 g/mol. The van der Waals surface area contributed by atoms with Gasteiger partial charge in [0.05, 0.1) is 7.11 Å². The molecule has 0 radical (unpaired) electrons. The molecule has 6 nitrogen and oxygen atoms in total. The Bertz CT molecular complexity index is 1490. The minimum Gasteiger partial charge on any atom is -0.497 e. The number of amides is 1. The van der Waals surface area contributed by atoms with Crippen molar-refractivity contribution < 1.29 is 19.1 Å². The molecule has 2 heterocycles. The van der Waals surface area contributed by atoms with Crippen LogP contribution in [-0.2, 0) is 4.79 Å². The molecule has 172 valence electrons. The number of ketones is 1. The Morgan fingerprint density at radius 3 is 2.11 bits per heavy atom. The largest absolute Gasteiger partial charge is 0.497 e. The lowest BCUT2D eigenvalue weighted by Crippen LogP contribution is -2.24. The Kier molecular flexibility index (Phi) is 6.01. The lowest BCUT2D eigenvalue weighted by atomic mass is 10.0. The summed E-state index contributed by atoms with van der Waals surface area (Å²) in [5, 5.41) is 2.71. The van der Waals surface area contributed by atoms with E-state index < -0.39 is 11.7 Å². The van der Waals surface area contributed by atoms with Crippen molar-refractivity contribution in [2.75, 3.05) is 12.4 Å². The highest BCUT2D eigenvalue weighted by Gasteiger charge is 2.25. The van der Waals surface area contributed by atoms with Crippen LogP contribution < -0.4 is 14.8 Å². The fraction of sp³-hybridized carbons (Fsp3) is 0.0345. The maximum absolute atomic E-state index is 13.4. The van der Waals surface area contributed by atoms with Crippen LogP contribution in [0.1, 0.15) is 10.5 Å². The van der Waals surface area contributed by atoms with Gasteiger partial charge in [-0.3, -0.25) is 9.59 Å². The minimum absolute atomic E-state index is 0.298. The molecule has 0 atom stereocenters. The quantitative estimate of drug-likeness (QED) is 0.230. The molecule has 1 N–H and O–H groups in total. The zero-order chi connectivity index (χ0) is 24.2. The molecule has 1 amide bonds. The van der Waals surface area contributed by atoms with Crippen molar-refractivity contribution in [2.24, 2.45) is 0 Å². The predicted molar refractivity (Wildman–Crippen MR) is 135 cm³/mol. The lowest BCUT2D eigenvalue weighted by Gasteiger charge is -2.09. The number of Topliss-reactive ketones (excluding diaryl/α,β-unsaturated/α-hetero) is 1. The van der Waals surface area contributed by atoms with E-state index in [-0.39, 0.29) is 0 Å². The van der Waals surface area contributed by atoms with E-state index in [4.69, 9.17) is 9.47 Å². The normalized spacial score (nSPS) is 10.7. The first-order chi connectivity index (χ1) is 17.1. The molecule has 3 aromatic carbocycles. The molecule has 0 aliphatic carbocycles. The van der Waals surface area contributed by atoms with Crippen LogP contribution in [0.2, 0.25) is 0 Å². The molecule has 0 aliphatic heterocycles. The molecule has 0 fully saturated rings. The molecule has 0 saturated carbocycles. The SMILES string of the molecule is COc1ccc(-c2cc3ccccn3c2C(=O)C(=O)Nc2ccc(Oc3ccccc3)cc2)cc1. The smallest absolute Gasteiger partial charge is 0.298 e. The van der Waals surface area contributed by atoms with Gasteiger partial charge in [0.25, 0.3) is 11.7 Å². The Morgan fingerprint density at radius 1 is 0.743 bits per heavy atom. The van der Waals surface area contributed by atoms with Crippen molar-refractivity contribution in [1.29, 1.82) is 0 Å². The Labute approximate surface area is 202 Å². The predicted octanol–water partition coefficient (Wildman–Crippen LogP) is 6.23. The third kappa shape index (κ3) is 4.63. The van der Waals surface area contributed by atoms with Crippen molar-refractivity contribution in [1.82, 2.24) is 4.40 Å². The number of fused-ring (bicyclic) bond motifs is 1. The monoisotopic (exact) mass is 462 g/mol. The van der Waals surface area contributed by atoms with Gasteiger partial charge in [-0.15, -0.1) is 0 Å². The van der Waals surface area contributed by atoms with Crippen LogP contribution in [0, 0.1) is 0 Å². The van der Waals surface area contributed by atoms with E-state index in [0.717, 1.165) is 11.1 Å². The first-order valence-corrected chi connectivity index (χ1v) is 11.1. The van der Waals surface area contributed by atoms with Gasteiger partial charge in [0, 0.05) is 23.0 Å². The molecule has 0 saturated heterocycles. The van der Waals surface area contributed by atoms with Crippen molar-refractivity contribution in [3.63, 3.8) is 0 Å². The second-order valence-electron chi connectivity index (χ2n) is 7.85. The van der Waals surface area contributed by atoms with Crippen LogP contribution in [0.25, 0.3) is 16.6 Å². The van der Waals surface area contributed by atoms with E-state index in [1.54, 1.807) is 42.0 Å². The molecular weight excluding hydrogens is 440 g/mol. The maximum atomic E-state index is 13.4. The van der Waals surface area contributed by atoms with Crippen LogP contribution in [0.4, 0.5) is 5.69 Å². The third-order valence-corrected chi connectivity index (χ3v) is 5.59. The number of nitrogens with one attached hydrogen (secondary N) is 1. The summed E-state index contributed by atoms with van der Waals surface area (Å²) in [4.78, 5) is 26.4. The number of hydrogen-bond donors (Lipinski definition) is 1. The standard InChI is InChI=1S/C29H22N2O4/c1-34-23-14-10-20(11-15-23)26-19-22-7-5-6-18-31(22)27(26)28(32)29(33)30-21-12-16-25(17-13-21)35-24-8-3-2-4-9-24/h2-19H,1H3,(H,30,33). The zero-order valence-electron chi connectivity index (χ0n) is 19.0. The van der Waals surface area contributed by atoms with Crippen LogP contribution >= 0.6 is 0 Å². The van der Waals surface area contributed by atoms with E-state index in [2.05, 4.69) is 5.32 Å². The second kappa shape index (κ2) is 9.57. The number of aromatic nitrogens is 1. The Morgan fingerprint density at radius 2 is 1.40 bits per heavy atom. The van der Waals surface area contributed by atoms with Gasteiger partial charge in [0.15, 0.2) is 0 Å². The molecule has 2 aromatic heterocycles. The molecule has 35 heavy (non-hydrogen) atoms. The Balaban J connectivity index is 1.40. The summed E-state index contributed by atoms with van der Waals surface area (Å²) >= 11 is 0.